The van der Waals surface area contributed by atoms with Gasteiger partial charge in [-0.05, 0) is 25.2 Å². The minimum Gasteiger partial charge on any atom is -0.396 e. The molecule has 0 heterocycles. The second-order valence-electron chi connectivity index (χ2n) is 4.41. The van der Waals surface area contributed by atoms with Crippen molar-refractivity contribution in [3.8, 4) is 0 Å². The second kappa shape index (κ2) is 5.95. The molecule has 0 amide bonds. The third-order valence-corrected chi connectivity index (χ3v) is 4.53. The molecule has 0 bridgehead atoms. The Bertz CT molecular complexity index is 305. The SMILES string of the molecule is CCCC1CC1NS(=O)(=O)N(C)CCCO. The number of rotatable bonds is 8. The van der Waals surface area contributed by atoms with E-state index < -0.39 is 10.2 Å². The molecule has 0 aromatic carbocycles. The van der Waals surface area contributed by atoms with E-state index in [1.54, 1.807) is 0 Å². The number of nitrogens with one attached hydrogen (secondary N) is 1. The topological polar surface area (TPSA) is 69.6 Å². The summed E-state index contributed by atoms with van der Waals surface area (Å²) in [5.74, 6) is 0.519. The van der Waals surface area contributed by atoms with E-state index >= 15 is 0 Å². The summed E-state index contributed by atoms with van der Waals surface area (Å²) < 4.78 is 27.5. The minimum atomic E-state index is -3.35. The first kappa shape index (κ1) is 13.9. The van der Waals surface area contributed by atoms with Gasteiger partial charge in [0.05, 0.1) is 0 Å². The number of nitrogens with zero attached hydrogens (tertiary/aromatic N) is 1. The highest BCUT2D eigenvalue weighted by molar-refractivity contribution is 7.87. The van der Waals surface area contributed by atoms with Crippen molar-refractivity contribution in [2.24, 2.45) is 5.92 Å². The van der Waals surface area contributed by atoms with Crippen molar-refractivity contribution in [2.45, 2.75) is 38.6 Å². The molecular weight excluding hydrogens is 228 g/mol. The Labute approximate surface area is 98.0 Å². The molecule has 0 aromatic heterocycles. The van der Waals surface area contributed by atoms with Gasteiger partial charge in [-0.15, -0.1) is 0 Å². The van der Waals surface area contributed by atoms with Crippen molar-refractivity contribution in [2.75, 3.05) is 20.2 Å². The maximum Gasteiger partial charge on any atom is 0.279 e. The number of aliphatic hydroxyl groups is 1. The van der Waals surface area contributed by atoms with Crippen LogP contribution in [0.2, 0.25) is 0 Å². The lowest BCUT2D eigenvalue weighted by Gasteiger charge is -2.17. The van der Waals surface area contributed by atoms with E-state index in [0.717, 1.165) is 19.3 Å². The molecule has 2 atom stereocenters. The van der Waals surface area contributed by atoms with Crippen LogP contribution in [-0.4, -0.2) is 44.1 Å². The summed E-state index contributed by atoms with van der Waals surface area (Å²) in [5, 5.41) is 8.65. The summed E-state index contributed by atoms with van der Waals surface area (Å²) >= 11 is 0. The van der Waals surface area contributed by atoms with Gasteiger partial charge in [0.2, 0.25) is 0 Å². The predicted molar refractivity (Wildman–Crippen MR) is 63.2 cm³/mol. The van der Waals surface area contributed by atoms with Crippen LogP contribution < -0.4 is 4.72 Å². The molecule has 0 aliphatic heterocycles. The van der Waals surface area contributed by atoms with Crippen molar-refractivity contribution in [3.05, 3.63) is 0 Å². The number of hydrogen-bond donors (Lipinski definition) is 2. The van der Waals surface area contributed by atoms with Gasteiger partial charge in [-0.3, -0.25) is 0 Å². The van der Waals surface area contributed by atoms with Crippen molar-refractivity contribution in [3.63, 3.8) is 0 Å². The monoisotopic (exact) mass is 250 g/mol. The number of hydrogen-bond acceptors (Lipinski definition) is 3. The van der Waals surface area contributed by atoms with Gasteiger partial charge in [-0.2, -0.15) is 17.4 Å². The third kappa shape index (κ3) is 4.01. The van der Waals surface area contributed by atoms with Gasteiger partial charge < -0.3 is 5.11 Å². The molecule has 0 spiro atoms. The Hall–Kier alpha value is -0.170. The summed E-state index contributed by atoms with van der Waals surface area (Å²) in [4.78, 5) is 0. The molecule has 2 unspecified atom stereocenters. The molecule has 0 aromatic rings. The predicted octanol–water partition coefficient (Wildman–Crippen LogP) is 0.324. The maximum absolute atomic E-state index is 11.8. The molecule has 96 valence electrons. The van der Waals surface area contributed by atoms with E-state index in [-0.39, 0.29) is 12.6 Å². The second-order valence-corrected chi connectivity index (χ2v) is 6.22. The van der Waals surface area contributed by atoms with E-state index in [9.17, 15) is 8.42 Å². The van der Waals surface area contributed by atoms with Crippen LogP contribution in [0, 0.1) is 5.92 Å². The Morgan fingerprint density at radius 2 is 2.19 bits per heavy atom. The lowest BCUT2D eigenvalue weighted by Crippen LogP contribution is -2.40. The van der Waals surface area contributed by atoms with Gasteiger partial charge in [0, 0.05) is 26.2 Å². The lowest BCUT2D eigenvalue weighted by atomic mass is 10.2. The van der Waals surface area contributed by atoms with Crippen LogP contribution in [0.5, 0.6) is 0 Å². The highest BCUT2D eigenvalue weighted by atomic mass is 32.2. The standard InChI is InChI=1S/C10H22N2O3S/c1-3-5-9-8-10(9)11-16(14,15)12(2)6-4-7-13/h9-11,13H,3-8H2,1-2H3. The zero-order valence-electron chi connectivity index (χ0n) is 10.0. The summed E-state index contributed by atoms with van der Waals surface area (Å²) in [6.07, 6.45) is 3.62. The molecule has 1 rings (SSSR count). The van der Waals surface area contributed by atoms with Crippen molar-refractivity contribution >= 4 is 10.2 Å². The normalized spacial score (nSPS) is 25.0. The Morgan fingerprint density at radius 1 is 1.50 bits per heavy atom. The minimum absolute atomic E-state index is 0.0156. The van der Waals surface area contributed by atoms with Crippen LogP contribution >= 0.6 is 0 Å². The first-order valence-electron chi connectivity index (χ1n) is 5.85. The molecule has 1 aliphatic rings. The van der Waals surface area contributed by atoms with Gasteiger partial charge in [-0.25, -0.2) is 0 Å². The number of aliphatic hydroxyl groups excluding tert-OH is 1. The first-order chi connectivity index (χ1) is 7.51. The Balaban J connectivity index is 2.35. The molecule has 1 aliphatic carbocycles. The van der Waals surface area contributed by atoms with Crippen molar-refractivity contribution < 1.29 is 13.5 Å². The summed E-state index contributed by atoms with van der Waals surface area (Å²) in [7, 11) is -1.81. The average Bonchev–Trinajstić information content (AvgIpc) is 2.92. The van der Waals surface area contributed by atoms with E-state index in [1.165, 1.54) is 11.4 Å². The molecule has 1 fully saturated rings. The molecule has 16 heavy (non-hydrogen) atoms. The van der Waals surface area contributed by atoms with Gasteiger partial charge in [0.25, 0.3) is 10.2 Å². The fourth-order valence-corrected chi connectivity index (χ4v) is 3.00. The zero-order chi connectivity index (χ0) is 12.2. The Morgan fingerprint density at radius 3 is 2.75 bits per heavy atom. The molecule has 5 nitrogen and oxygen atoms in total. The van der Waals surface area contributed by atoms with Crippen LogP contribution in [0.15, 0.2) is 0 Å². The summed E-state index contributed by atoms with van der Waals surface area (Å²) in [5.41, 5.74) is 0. The zero-order valence-corrected chi connectivity index (χ0v) is 10.8. The largest absolute Gasteiger partial charge is 0.396 e. The quantitative estimate of drug-likeness (QED) is 0.652. The van der Waals surface area contributed by atoms with Gasteiger partial charge in [0.1, 0.15) is 0 Å². The molecular formula is C10H22N2O3S. The fourth-order valence-electron chi connectivity index (χ4n) is 1.78. The highest BCUT2D eigenvalue weighted by Crippen LogP contribution is 2.35. The van der Waals surface area contributed by atoms with E-state index in [1.807, 2.05) is 0 Å². The Kier molecular flexibility index (Phi) is 5.17. The summed E-state index contributed by atoms with van der Waals surface area (Å²) in [6, 6.07) is 0.126. The molecule has 0 saturated heterocycles. The van der Waals surface area contributed by atoms with Crippen LogP contribution in [0.1, 0.15) is 32.6 Å². The maximum atomic E-state index is 11.8. The van der Waals surface area contributed by atoms with E-state index in [0.29, 0.717) is 18.9 Å². The van der Waals surface area contributed by atoms with Crippen molar-refractivity contribution in [1.29, 1.82) is 0 Å². The van der Waals surface area contributed by atoms with Gasteiger partial charge in [0.15, 0.2) is 0 Å². The van der Waals surface area contributed by atoms with Crippen LogP contribution in [-0.2, 0) is 10.2 Å². The molecule has 1 saturated carbocycles. The third-order valence-electron chi connectivity index (χ3n) is 2.92. The fraction of sp³-hybridized carbons (Fsp3) is 1.00. The first-order valence-corrected chi connectivity index (χ1v) is 7.29. The average molecular weight is 250 g/mol. The van der Waals surface area contributed by atoms with Gasteiger partial charge in [-0.1, -0.05) is 13.3 Å². The van der Waals surface area contributed by atoms with Crippen LogP contribution in [0.25, 0.3) is 0 Å². The van der Waals surface area contributed by atoms with Crippen LogP contribution in [0.4, 0.5) is 0 Å². The van der Waals surface area contributed by atoms with E-state index in [2.05, 4.69) is 11.6 Å². The highest BCUT2D eigenvalue weighted by Gasteiger charge is 2.39. The van der Waals surface area contributed by atoms with E-state index in [4.69, 9.17) is 5.11 Å². The summed E-state index contributed by atoms with van der Waals surface area (Å²) in [6.45, 7) is 2.48. The molecule has 6 heteroatoms. The molecule has 2 N–H and O–H groups in total. The smallest absolute Gasteiger partial charge is 0.279 e. The van der Waals surface area contributed by atoms with Crippen molar-refractivity contribution in [1.82, 2.24) is 9.03 Å². The van der Waals surface area contributed by atoms with Crippen LogP contribution in [0.3, 0.4) is 0 Å². The molecule has 0 radical (unpaired) electrons. The van der Waals surface area contributed by atoms with Gasteiger partial charge >= 0.3 is 0 Å². The lowest BCUT2D eigenvalue weighted by molar-refractivity contribution is 0.275.